The van der Waals surface area contributed by atoms with E-state index in [1.54, 1.807) is 0 Å². The number of rotatable bonds is 4. The minimum absolute atomic E-state index is 0.749. The van der Waals surface area contributed by atoms with E-state index in [2.05, 4.69) is 35.3 Å². The van der Waals surface area contributed by atoms with Gasteiger partial charge in [-0.1, -0.05) is 25.8 Å². The van der Waals surface area contributed by atoms with Crippen LogP contribution in [0, 0.1) is 5.92 Å². The Labute approximate surface area is 122 Å². The lowest BCUT2D eigenvalue weighted by molar-refractivity contribution is 0.242. The molecule has 0 bridgehead atoms. The molecule has 1 saturated heterocycles. The van der Waals surface area contributed by atoms with Gasteiger partial charge in [-0.05, 0) is 50.3 Å². The summed E-state index contributed by atoms with van der Waals surface area (Å²) in [5, 5.41) is 3.37. The van der Waals surface area contributed by atoms with Gasteiger partial charge >= 0.3 is 0 Å². The largest absolute Gasteiger partial charge is 0.353 e. The Morgan fingerprint density at radius 3 is 2.95 bits per heavy atom. The van der Waals surface area contributed by atoms with Crippen molar-refractivity contribution in [2.45, 2.75) is 58.0 Å². The number of hydrogen-bond donors (Lipinski definition) is 1. The average Bonchev–Trinajstić information content (AvgIpc) is 2.52. The third kappa shape index (κ3) is 2.98. The van der Waals surface area contributed by atoms with E-state index in [1.165, 1.54) is 56.6 Å². The lowest BCUT2D eigenvalue weighted by Gasteiger charge is -2.44. The molecular weight excluding hydrogens is 246 g/mol. The van der Waals surface area contributed by atoms with E-state index in [1.807, 2.05) is 0 Å². The molecule has 3 heteroatoms. The number of fused-ring (bicyclic) bond motifs is 1. The average molecular weight is 273 g/mol. The Hall–Kier alpha value is -1.09. The standard InChI is InChI=1S/C17H27N3/c1-2-18-13-15-9-5-11-17(19-15)20-12-6-8-14-7-3-4-10-16(14)20/h5,9,11,14,16,18H,2-4,6-8,10,12-13H2,1H3/t14-,16-/m1/s1. The van der Waals surface area contributed by atoms with Crippen LogP contribution in [-0.2, 0) is 6.54 Å². The Morgan fingerprint density at radius 2 is 2.05 bits per heavy atom. The van der Waals surface area contributed by atoms with E-state index >= 15 is 0 Å². The summed E-state index contributed by atoms with van der Waals surface area (Å²) in [6.07, 6.45) is 8.39. The molecule has 0 amide bonds. The van der Waals surface area contributed by atoms with Crippen molar-refractivity contribution in [3.63, 3.8) is 0 Å². The smallest absolute Gasteiger partial charge is 0.129 e. The molecule has 0 spiro atoms. The molecule has 0 unspecified atom stereocenters. The zero-order valence-corrected chi connectivity index (χ0v) is 12.6. The molecule has 1 saturated carbocycles. The highest BCUT2D eigenvalue weighted by Crippen LogP contribution is 2.37. The van der Waals surface area contributed by atoms with Crippen molar-refractivity contribution in [3.8, 4) is 0 Å². The predicted octanol–water partition coefficient (Wildman–Crippen LogP) is 3.35. The normalized spacial score (nSPS) is 26.4. The number of pyridine rings is 1. The van der Waals surface area contributed by atoms with Crippen molar-refractivity contribution >= 4 is 5.82 Å². The number of aromatic nitrogens is 1. The van der Waals surface area contributed by atoms with Gasteiger partial charge in [-0.15, -0.1) is 0 Å². The number of nitrogens with one attached hydrogen (secondary N) is 1. The molecule has 1 aliphatic heterocycles. The summed E-state index contributed by atoms with van der Waals surface area (Å²) in [5.41, 5.74) is 1.17. The van der Waals surface area contributed by atoms with E-state index in [4.69, 9.17) is 4.98 Å². The molecule has 0 aromatic carbocycles. The molecule has 1 aliphatic carbocycles. The van der Waals surface area contributed by atoms with Gasteiger partial charge in [0, 0.05) is 19.1 Å². The van der Waals surface area contributed by atoms with Crippen molar-refractivity contribution in [1.29, 1.82) is 0 Å². The molecule has 3 rings (SSSR count). The second-order valence-corrected chi connectivity index (χ2v) is 6.21. The van der Waals surface area contributed by atoms with Crippen LogP contribution in [0.5, 0.6) is 0 Å². The van der Waals surface area contributed by atoms with Crippen molar-refractivity contribution < 1.29 is 0 Å². The summed E-state index contributed by atoms with van der Waals surface area (Å²) in [7, 11) is 0. The van der Waals surface area contributed by atoms with Crippen molar-refractivity contribution in [2.24, 2.45) is 5.92 Å². The van der Waals surface area contributed by atoms with Gasteiger partial charge in [-0.2, -0.15) is 0 Å². The molecule has 0 radical (unpaired) electrons. The molecule has 2 atom stereocenters. The van der Waals surface area contributed by atoms with Crippen LogP contribution < -0.4 is 10.2 Å². The van der Waals surface area contributed by atoms with Gasteiger partial charge in [0.1, 0.15) is 5.82 Å². The summed E-state index contributed by atoms with van der Waals surface area (Å²) < 4.78 is 0. The molecule has 3 nitrogen and oxygen atoms in total. The van der Waals surface area contributed by atoms with Crippen LogP contribution in [0.1, 0.15) is 51.1 Å². The maximum Gasteiger partial charge on any atom is 0.129 e. The van der Waals surface area contributed by atoms with E-state index in [9.17, 15) is 0 Å². The topological polar surface area (TPSA) is 28.2 Å². The molecule has 2 heterocycles. The van der Waals surface area contributed by atoms with Crippen molar-refractivity contribution in [1.82, 2.24) is 10.3 Å². The third-order valence-electron chi connectivity index (χ3n) is 4.89. The van der Waals surface area contributed by atoms with Gasteiger partial charge in [0.05, 0.1) is 5.69 Å². The zero-order chi connectivity index (χ0) is 13.8. The minimum Gasteiger partial charge on any atom is -0.353 e. The molecule has 1 aromatic rings. The van der Waals surface area contributed by atoms with Crippen LogP contribution >= 0.6 is 0 Å². The molecule has 1 aromatic heterocycles. The van der Waals surface area contributed by atoms with Crippen molar-refractivity contribution in [3.05, 3.63) is 23.9 Å². The van der Waals surface area contributed by atoms with Crippen molar-refractivity contribution in [2.75, 3.05) is 18.0 Å². The van der Waals surface area contributed by atoms with Crippen LogP contribution in [-0.4, -0.2) is 24.1 Å². The highest BCUT2D eigenvalue weighted by molar-refractivity contribution is 5.41. The van der Waals surface area contributed by atoms with E-state index in [0.717, 1.165) is 25.0 Å². The zero-order valence-electron chi connectivity index (χ0n) is 12.6. The second kappa shape index (κ2) is 6.57. The van der Waals surface area contributed by atoms with Gasteiger partial charge in [0.2, 0.25) is 0 Å². The Bertz CT molecular complexity index is 430. The Morgan fingerprint density at radius 1 is 1.20 bits per heavy atom. The monoisotopic (exact) mass is 273 g/mol. The van der Waals surface area contributed by atoms with E-state index in [0.29, 0.717) is 0 Å². The number of anilines is 1. The molecule has 2 aliphatic rings. The third-order valence-corrected chi connectivity index (χ3v) is 4.89. The maximum absolute atomic E-state index is 4.89. The minimum atomic E-state index is 0.749. The first-order chi connectivity index (χ1) is 9.88. The molecular formula is C17H27N3. The second-order valence-electron chi connectivity index (χ2n) is 6.21. The summed E-state index contributed by atoms with van der Waals surface area (Å²) in [5.74, 6) is 2.12. The van der Waals surface area contributed by atoms with E-state index in [-0.39, 0.29) is 0 Å². The van der Waals surface area contributed by atoms with Gasteiger partial charge in [-0.3, -0.25) is 0 Å². The maximum atomic E-state index is 4.89. The van der Waals surface area contributed by atoms with Gasteiger partial charge < -0.3 is 10.2 Å². The van der Waals surface area contributed by atoms with Crippen LogP contribution in [0.15, 0.2) is 18.2 Å². The van der Waals surface area contributed by atoms with Crippen LogP contribution in [0.2, 0.25) is 0 Å². The SMILES string of the molecule is CCNCc1cccc(N2CCC[C@H]3CCCC[C@H]32)n1. The lowest BCUT2D eigenvalue weighted by atomic mass is 9.78. The van der Waals surface area contributed by atoms with Gasteiger partial charge in [0.15, 0.2) is 0 Å². The first-order valence-corrected chi connectivity index (χ1v) is 8.32. The van der Waals surface area contributed by atoms with Gasteiger partial charge in [-0.25, -0.2) is 4.98 Å². The molecule has 1 N–H and O–H groups in total. The highest BCUT2D eigenvalue weighted by Gasteiger charge is 2.33. The fourth-order valence-corrected chi connectivity index (χ4v) is 3.89. The molecule has 2 fully saturated rings. The van der Waals surface area contributed by atoms with Gasteiger partial charge in [0.25, 0.3) is 0 Å². The summed E-state index contributed by atoms with van der Waals surface area (Å²) in [6.45, 7) is 5.21. The van der Waals surface area contributed by atoms with E-state index < -0.39 is 0 Å². The van der Waals surface area contributed by atoms with Crippen LogP contribution in [0.3, 0.4) is 0 Å². The summed E-state index contributed by atoms with van der Waals surface area (Å²) in [4.78, 5) is 7.49. The summed E-state index contributed by atoms with van der Waals surface area (Å²) >= 11 is 0. The quantitative estimate of drug-likeness (QED) is 0.912. The highest BCUT2D eigenvalue weighted by atomic mass is 15.2. The van der Waals surface area contributed by atoms with Crippen LogP contribution in [0.4, 0.5) is 5.82 Å². The first kappa shape index (κ1) is 13.9. The fraction of sp³-hybridized carbons (Fsp3) is 0.706. The molecule has 110 valence electrons. The first-order valence-electron chi connectivity index (χ1n) is 8.32. The number of hydrogen-bond acceptors (Lipinski definition) is 3. The summed E-state index contributed by atoms with van der Waals surface area (Å²) in [6, 6.07) is 7.25. The lowest BCUT2D eigenvalue weighted by Crippen LogP contribution is -2.47. The fourth-order valence-electron chi connectivity index (χ4n) is 3.89. The molecule has 20 heavy (non-hydrogen) atoms. The predicted molar refractivity (Wildman–Crippen MR) is 83.9 cm³/mol. The van der Waals surface area contributed by atoms with Crippen LogP contribution in [0.25, 0.3) is 0 Å². The number of nitrogens with zero attached hydrogens (tertiary/aromatic N) is 2. The number of piperidine rings is 1. The Balaban J connectivity index is 1.76. The Kier molecular flexibility index (Phi) is 4.56.